The number of rotatable bonds is 4. The smallest absolute Gasteiger partial charge is 0.142 e. The van der Waals surface area contributed by atoms with E-state index in [1.165, 1.54) is 6.26 Å². The first-order valence-corrected chi connectivity index (χ1v) is 6.74. The largest absolute Gasteiger partial charge is 0.464 e. The Morgan fingerprint density at radius 1 is 1.21 bits per heavy atom. The minimum Gasteiger partial charge on any atom is -0.464 e. The second kappa shape index (κ2) is 6.87. The van der Waals surface area contributed by atoms with Gasteiger partial charge >= 0.3 is 0 Å². The fraction of sp³-hybridized carbons (Fsp3) is 0.176. The molecular formula is C17H15ClO. The molecule has 0 amide bonds. The van der Waals surface area contributed by atoms with Gasteiger partial charge in [0, 0.05) is 17.7 Å². The maximum atomic E-state index is 5.65. The highest BCUT2D eigenvalue weighted by Crippen LogP contribution is 2.27. The van der Waals surface area contributed by atoms with E-state index in [1.54, 1.807) is 0 Å². The minimum absolute atomic E-state index is 0.639. The Hall–Kier alpha value is -1.91. The maximum absolute atomic E-state index is 5.65. The lowest BCUT2D eigenvalue weighted by molar-refractivity contribution is 0.483. The summed E-state index contributed by atoms with van der Waals surface area (Å²) in [5.41, 5.74) is 0.910. The molecule has 0 heterocycles. The van der Waals surface area contributed by atoms with E-state index in [-0.39, 0.29) is 0 Å². The molecule has 0 spiro atoms. The van der Waals surface area contributed by atoms with E-state index in [9.17, 15) is 0 Å². The predicted molar refractivity (Wildman–Crippen MR) is 81.6 cm³/mol. The highest BCUT2D eigenvalue weighted by atomic mass is 35.5. The Morgan fingerprint density at radius 2 is 2.05 bits per heavy atom. The zero-order valence-electron chi connectivity index (χ0n) is 10.7. The van der Waals surface area contributed by atoms with Crippen molar-refractivity contribution in [2.75, 3.05) is 5.88 Å². The van der Waals surface area contributed by atoms with Gasteiger partial charge in [-0.3, -0.25) is 0 Å². The first-order chi connectivity index (χ1) is 9.36. The van der Waals surface area contributed by atoms with Gasteiger partial charge < -0.3 is 4.74 Å². The van der Waals surface area contributed by atoms with Crippen molar-refractivity contribution in [3.63, 3.8) is 0 Å². The van der Waals surface area contributed by atoms with Crippen LogP contribution in [-0.2, 0) is 0 Å². The third kappa shape index (κ3) is 3.30. The van der Waals surface area contributed by atoms with Gasteiger partial charge in [-0.1, -0.05) is 48.8 Å². The molecule has 0 saturated heterocycles. The van der Waals surface area contributed by atoms with Crippen molar-refractivity contribution in [1.29, 1.82) is 0 Å². The number of hydrogen-bond acceptors (Lipinski definition) is 1. The van der Waals surface area contributed by atoms with Gasteiger partial charge in [-0.05, 0) is 17.9 Å². The summed E-state index contributed by atoms with van der Waals surface area (Å²) in [6, 6.07) is 12.1. The van der Waals surface area contributed by atoms with E-state index < -0.39 is 0 Å². The summed E-state index contributed by atoms with van der Waals surface area (Å²) in [5.74, 6) is 7.72. The van der Waals surface area contributed by atoms with E-state index in [1.807, 2.05) is 24.3 Å². The Balaban J connectivity index is 2.48. The normalized spacial score (nSPS) is 9.74. The number of halogens is 1. The molecule has 1 nitrogen and oxygen atoms in total. The van der Waals surface area contributed by atoms with Crippen LogP contribution < -0.4 is 4.74 Å². The van der Waals surface area contributed by atoms with Crippen LogP contribution in [0.3, 0.4) is 0 Å². The monoisotopic (exact) mass is 270 g/mol. The van der Waals surface area contributed by atoms with E-state index in [0.717, 1.165) is 34.9 Å². The molecule has 0 aliphatic carbocycles. The quantitative estimate of drug-likeness (QED) is 0.338. The van der Waals surface area contributed by atoms with Crippen molar-refractivity contribution in [2.45, 2.75) is 12.8 Å². The Labute approximate surface area is 118 Å². The van der Waals surface area contributed by atoms with E-state index in [0.29, 0.717) is 5.88 Å². The maximum Gasteiger partial charge on any atom is 0.142 e. The highest BCUT2D eigenvalue weighted by molar-refractivity contribution is 6.17. The second-order valence-electron chi connectivity index (χ2n) is 4.04. The number of hydrogen-bond donors (Lipinski definition) is 0. The summed E-state index contributed by atoms with van der Waals surface area (Å²) >= 11 is 5.65. The number of alkyl halides is 1. The molecule has 2 heteroatoms. The van der Waals surface area contributed by atoms with Crippen LogP contribution in [0.15, 0.2) is 49.2 Å². The average Bonchev–Trinajstić information content (AvgIpc) is 2.45. The molecule has 2 rings (SSSR count). The van der Waals surface area contributed by atoms with Gasteiger partial charge in [0.1, 0.15) is 5.75 Å². The summed E-state index contributed by atoms with van der Waals surface area (Å²) < 4.78 is 5.44. The molecule has 2 aromatic carbocycles. The van der Waals surface area contributed by atoms with Gasteiger partial charge in [-0.2, -0.15) is 0 Å². The van der Waals surface area contributed by atoms with Crippen LogP contribution in [0.1, 0.15) is 18.4 Å². The van der Waals surface area contributed by atoms with Crippen molar-refractivity contribution in [3.05, 3.63) is 54.8 Å². The van der Waals surface area contributed by atoms with E-state index in [2.05, 4.69) is 30.6 Å². The topological polar surface area (TPSA) is 9.23 Å². The van der Waals surface area contributed by atoms with Crippen molar-refractivity contribution in [3.8, 4) is 17.6 Å². The van der Waals surface area contributed by atoms with Crippen LogP contribution in [0.4, 0.5) is 0 Å². The molecule has 19 heavy (non-hydrogen) atoms. The first-order valence-electron chi connectivity index (χ1n) is 6.21. The van der Waals surface area contributed by atoms with Crippen LogP contribution in [0.25, 0.3) is 10.8 Å². The average molecular weight is 271 g/mol. The zero-order valence-corrected chi connectivity index (χ0v) is 11.4. The van der Waals surface area contributed by atoms with Crippen molar-refractivity contribution < 1.29 is 4.74 Å². The standard InChI is InChI=1S/C17H15ClO/c1-2-19-17-12-11-14-8-5-6-9-15(14)16(17)10-4-3-7-13-18/h2,5-6,8-9,11-12H,1,3,7,13H2. The lowest BCUT2D eigenvalue weighted by Crippen LogP contribution is -1.88. The van der Waals surface area contributed by atoms with Crippen molar-refractivity contribution in [1.82, 2.24) is 0 Å². The molecule has 96 valence electrons. The lowest BCUT2D eigenvalue weighted by atomic mass is 10.0. The number of benzene rings is 2. The van der Waals surface area contributed by atoms with Crippen LogP contribution in [0.5, 0.6) is 5.75 Å². The van der Waals surface area contributed by atoms with Gasteiger partial charge in [0.2, 0.25) is 0 Å². The van der Waals surface area contributed by atoms with Gasteiger partial charge in [0.05, 0.1) is 11.8 Å². The lowest BCUT2D eigenvalue weighted by Gasteiger charge is -2.07. The highest BCUT2D eigenvalue weighted by Gasteiger charge is 2.05. The molecule has 0 aliphatic rings. The van der Waals surface area contributed by atoms with E-state index in [4.69, 9.17) is 16.3 Å². The van der Waals surface area contributed by atoms with Crippen molar-refractivity contribution in [2.24, 2.45) is 0 Å². The third-order valence-electron chi connectivity index (χ3n) is 2.75. The van der Waals surface area contributed by atoms with E-state index >= 15 is 0 Å². The molecule has 2 aromatic rings. The fourth-order valence-electron chi connectivity index (χ4n) is 1.87. The van der Waals surface area contributed by atoms with Crippen molar-refractivity contribution >= 4 is 22.4 Å². The first kappa shape index (κ1) is 13.5. The van der Waals surface area contributed by atoms with Gasteiger partial charge in [-0.25, -0.2) is 0 Å². The molecule has 0 radical (unpaired) electrons. The Bertz CT molecular complexity index is 634. The molecule has 0 aromatic heterocycles. The predicted octanol–water partition coefficient (Wildman–Crippen LogP) is 4.73. The summed E-state index contributed by atoms with van der Waals surface area (Å²) in [6.45, 7) is 3.60. The summed E-state index contributed by atoms with van der Waals surface area (Å²) in [5, 5.41) is 2.25. The number of fused-ring (bicyclic) bond motifs is 1. The molecule has 0 aliphatic heterocycles. The SMILES string of the molecule is C=COc1ccc2ccccc2c1C#CCCCCl. The summed E-state index contributed by atoms with van der Waals surface area (Å²) in [7, 11) is 0. The third-order valence-corrected chi connectivity index (χ3v) is 3.02. The van der Waals surface area contributed by atoms with Crippen LogP contribution in [-0.4, -0.2) is 5.88 Å². The molecule has 0 atom stereocenters. The molecule has 0 unspecified atom stereocenters. The van der Waals surface area contributed by atoms with Crippen LogP contribution in [0.2, 0.25) is 0 Å². The van der Waals surface area contributed by atoms with Gasteiger partial charge in [-0.15, -0.1) is 11.6 Å². The zero-order chi connectivity index (χ0) is 13.5. The molecule has 0 N–H and O–H groups in total. The summed E-state index contributed by atoms with van der Waals surface area (Å²) in [4.78, 5) is 0. The van der Waals surface area contributed by atoms with Crippen LogP contribution >= 0.6 is 11.6 Å². The number of ether oxygens (including phenoxy) is 1. The van der Waals surface area contributed by atoms with Crippen LogP contribution in [0, 0.1) is 11.8 Å². The van der Waals surface area contributed by atoms with Gasteiger partial charge in [0.25, 0.3) is 0 Å². The Morgan fingerprint density at radius 3 is 2.84 bits per heavy atom. The molecule has 0 bridgehead atoms. The Kier molecular flexibility index (Phi) is 4.89. The number of unbranched alkanes of at least 4 members (excludes halogenated alkanes) is 1. The minimum atomic E-state index is 0.639. The second-order valence-corrected chi connectivity index (χ2v) is 4.42. The van der Waals surface area contributed by atoms with Gasteiger partial charge in [0.15, 0.2) is 0 Å². The molecule has 0 saturated carbocycles. The molecular weight excluding hydrogens is 256 g/mol. The summed E-state index contributed by atoms with van der Waals surface area (Å²) in [6.07, 6.45) is 3.12. The molecule has 0 fully saturated rings. The fourth-order valence-corrected chi connectivity index (χ4v) is 2.01.